The van der Waals surface area contributed by atoms with E-state index >= 15 is 0 Å². The largest absolute Gasteiger partial charge is 0.513 e. The predicted molar refractivity (Wildman–Crippen MR) is 39.5 cm³/mol. The third-order valence-electron chi connectivity index (χ3n) is 0.602. The number of rotatable bonds is 4. The standard InChI is InChI=1S/C4H8O4P2/c1-3-4-10(6,7)8-9(2)5/h3H,1,4H2,2H3/p+1. The van der Waals surface area contributed by atoms with E-state index in [0.29, 0.717) is 0 Å². The van der Waals surface area contributed by atoms with E-state index in [9.17, 15) is 9.13 Å². The molecule has 0 spiro atoms. The summed E-state index contributed by atoms with van der Waals surface area (Å²) in [5.74, 6) is 0. The van der Waals surface area contributed by atoms with Crippen LogP contribution in [-0.2, 0) is 13.4 Å². The molecule has 10 heavy (non-hydrogen) atoms. The van der Waals surface area contributed by atoms with Crippen molar-refractivity contribution in [3.63, 3.8) is 0 Å². The van der Waals surface area contributed by atoms with Crippen LogP contribution in [-0.4, -0.2) is 17.7 Å². The summed E-state index contributed by atoms with van der Waals surface area (Å²) in [6.07, 6.45) is 1.08. The first-order chi connectivity index (χ1) is 4.48. The summed E-state index contributed by atoms with van der Waals surface area (Å²) in [6.45, 7) is 4.47. The highest BCUT2D eigenvalue weighted by Crippen LogP contribution is 2.49. The van der Waals surface area contributed by atoms with E-state index in [-0.39, 0.29) is 6.16 Å². The summed E-state index contributed by atoms with van der Waals surface area (Å²) in [4.78, 5) is 8.76. The molecule has 0 aliphatic heterocycles. The van der Waals surface area contributed by atoms with Gasteiger partial charge in [-0.05, 0) is 4.57 Å². The summed E-state index contributed by atoms with van der Waals surface area (Å²) < 4.78 is 25.2. The molecule has 0 rings (SSSR count). The minimum absolute atomic E-state index is 0.165. The van der Waals surface area contributed by atoms with Crippen molar-refractivity contribution in [3.8, 4) is 0 Å². The van der Waals surface area contributed by atoms with Crippen molar-refractivity contribution in [1.82, 2.24) is 0 Å². The molecule has 0 aliphatic carbocycles. The first kappa shape index (κ1) is 9.99. The van der Waals surface area contributed by atoms with Crippen LogP contribution in [0, 0.1) is 0 Å². The zero-order valence-electron chi connectivity index (χ0n) is 5.56. The Bertz CT molecular complexity index is 188. The van der Waals surface area contributed by atoms with Gasteiger partial charge in [0, 0.05) is 0 Å². The van der Waals surface area contributed by atoms with Gasteiger partial charge in [0.2, 0.25) is 0 Å². The molecule has 0 radical (unpaired) electrons. The third-order valence-corrected chi connectivity index (χ3v) is 3.26. The molecular formula is C4H9O4P2+. The molecule has 0 aromatic heterocycles. The molecule has 6 heteroatoms. The minimum Gasteiger partial charge on any atom is -0.322 e. The van der Waals surface area contributed by atoms with Crippen molar-refractivity contribution in [2.45, 2.75) is 0 Å². The summed E-state index contributed by atoms with van der Waals surface area (Å²) >= 11 is 0. The van der Waals surface area contributed by atoms with Crippen LogP contribution in [0.4, 0.5) is 0 Å². The maximum absolute atomic E-state index is 10.7. The van der Waals surface area contributed by atoms with E-state index in [1.807, 2.05) is 0 Å². The Hall–Kier alpha value is -0.0100. The zero-order valence-corrected chi connectivity index (χ0v) is 7.35. The van der Waals surface area contributed by atoms with Gasteiger partial charge in [0.25, 0.3) is 0 Å². The molecule has 1 N–H and O–H groups in total. The fourth-order valence-corrected chi connectivity index (χ4v) is 2.41. The minimum atomic E-state index is -3.65. The van der Waals surface area contributed by atoms with Crippen molar-refractivity contribution < 1.29 is 18.3 Å². The normalized spacial score (nSPS) is 17.6. The van der Waals surface area contributed by atoms with Crippen molar-refractivity contribution in [2.24, 2.45) is 0 Å². The van der Waals surface area contributed by atoms with E-state index in [4.69, 9.17) is 4.89 Å². The molecule has 0 amide bonds. The first-order valence-electron chi connectivity index (χ1n) is 2.51. The molecule has 0 aromatic carbocycles. The van der Waals surface area contributed by atoms with E-state index in [0.717, 1.165) is 0 Å². The van der Waals surface area contributed by atoms with Gasteiger partial charge in [0.1, 0.15) is 0 Å². The average Bonchev–Trinajstić information content (AvgIpc) is 1.59. The Labute approximate surface area is 60.3 Å². The molecule has 0 saturated heterocycles. The highest BCUT2D eigenvalue weighted by atomic mass is 31.2. The highest BCUT2D eigenvalue weighted by Gasteiger charge is 2.27. The van der Waals surface area contributed by atoms with Crippen molar-refractivity contribution >= 4 is 15.6 Å². The van der Waals surface area contributed by atoms with Gasteiger partial charge < -0.3 is 4.89 Å². The lowest BCUT2D eigenvalue weighted by atomic mass is 10.8. The third kappa shape index (κ3) is 4.83. The summed E-state index contributed by atoms with van der Waals surface area (Å²) in [7, 11) is -5.66. The topological polar surface area (TPSA) is 63.6 Å². The zero-order chi connectivity index (χ0) is 8.20. The summed E-state index contributed by atoms with van der Waals surface area (Å²) in [5, 5.41) is 0. The van der Waals surface area contributed by atoms with Crippen LogP contribution in [0.15, 0.2) is 12.7 Å². The number of allylic oxidation sites excluding steroid dienone is 1. The fourth-order valence-electron chi connectivity index (χ4n) is 0.376. The van der Waals surface area contributed by atoms with Gasteiger partial charge in [-0.25, -0.2) is 0 Å². The Morgan fingerprint density at radius 2 is 2.40 bits per heavy atom. The molecule has 0 fully saturated rings. The molecule has 0 bridgehead atoms. The second kappa shape index (κ2) is 3.99. The fraction of sp³-hybridized carbons (Fsp3) is 0.500. The predicted octanol–water partition coefficient (Wildman–Crippen LogP) is 1.75. The summed E-state index contributed by atoms with van der Waals surface area (Å²) in [6, 6.07) is 0. The SMILES string of the molecule is C=CCP(=O)(O)O[P+](C)=O. The van der Waals surface area contributed by atoms with Crippen LogP contribution in [0.3, 0.4) is 0 Å². The van der Waals surface area contributed by atoms with Crippen LogP contribution in [0.5, 0.6) is 0 Å². The maximum Gasteiger partial charge on any atom is 0.513 e. The molecule has 58 valence electrons. The Balaban J connectivity index is 3.99. The quantitative estimate of drug-likeness (QED) is 0.532. The number of hydrogen-bond donors (Lipinski definition) is 1. The number of hydrogen-bond acceptors (Lipinski definition) is 3. The molecular weight excluding hydrogens is 174 g/mol. The molecule has 0 aliphatic rings. The lowest BCUT2D eigenvalue weighted by Gasteiger charge is -1.97. The average molecular weight is 183 g/mol. The van der Waals surface area contributed by atoms with Gasteiger partial charge >= 0.3 is 15.6 Å². The van der Waals surface area contributed by atoms with Gasteiger partial charge in [-0.1, -0.05) is 10.4 Å². The van der Waals surface area contributed by atoms with Crippen LogP contribution in [0.25, 0.3) is 0 Å². The second-order valence-corrected chi connectivity index (χ2v) is 4.80. The smallest absolute Gasteiger partial charge is 0.322 e. The first-order valence-corrected chi connectivity index (χ1v) is 5.90. The van der Waals surface area contributed by atoms with E-state index in [2.05, 4.69) is 10.9 Å². The highest BCUT2D eigenvalue weighted by molar-refractivity contribution is 7.61. The van der Waals surface area contributed by atoms with E-state index in [1.165, 1.54) is 12.7 Å². The summed E-state index contributed by atoms with van der Waals surface area (Å²) in [5.41, 5.74) is 0. The Morgan fingerprint density at radius 1 is 1.90 bits per heavy atom. The van der Waals surface area contributed by atoms with E-state index in [1.54, 1.807) is 0 Å². The Kier molecular flexibility index (Phi) is 3.99. The maximum atomic E-state index is 10.7. The molecule has 2 atom stereocenters. The molecule has 0 heterocycles. The van der Waals surface area contributed by atoms with Crippen molar-refractivity contribution in [2.75, 3.05) is 12.8 Å². The van der Waals surface area contributed by atoms with Crippen LogP contribution in [0.1, 0.15) is 0 Å². The van der Waals surface area contributed by atoms with Gasteiger partial charge in [-0.3, -0.25) is 4.57 Å². The molecule has 2 unspecified atom stereocenters. The van der Waals surface area contributed by atoms with Crippen LogP contribution in [0.2, 0.25) is 0 Å². The van der Waals surface area contributed by atoms with Gasteiger partial charge in [0.05, 0.1) is 6.16 Å². The lowest BCUT2D eigenvalue weighted by molar-refractivity contribution is 0.388. The monoisotopic (exact) mass is 183 g/mol. The lowest BCUT2D eigenvalue weighted by Crippen LogP contribution is -1.84. The van der Waals surface area contributed by atoms with Crippen LogP contribution < -0.4 is 0 Å². The molecule has 4 nitrogen and oxygen atoms in total. The van der Waals surface area contributed by atoms with Gasteiger partial charge in [0.15, 0.2) is 6.66 Å². The van der Waals surface area contributed by atoms with E-state index < -0.39 is 15.6 Å². The Morgan fingerprint density at radius 3 is 2.70 bits per heavy atom. The van der Waals surface area contributed by atoms with Gasteiger partial charge in [-0.15, -0.1) is 6.58 Å². The second-order valence-electron chi connectivity index (χ2n) is 1.63. The van der Waals surface area contributed by atoms with Crippen LogP contribution >= 0.6 is 15.6 Å². The van der Waals surface area contributed by atoms with Crippen molar-refractivity contribution in [1.29, 1.82) is 0 Å². The molecule has 0 saturated carbocycles. The van der Waals surface area contributed by atoms with Crippen molar-refractivity contribution in [3.05, 3.63) is 12.7 Å². The van der Waals surface area contributed by atoms with Gasteiger partial charge in [-0.2, -0.15) is 0 Å². The molecule has 0 aromatic rings.